The second-order valence-corrected chi connectivity index (χ2v) is 7.57. The first kappa shape index (κ1) is 18.1. The lowest BCUT2D eigenvalue weighted by molar-refractivity contribution is 0.102. The van der Waals surface area contributed by atoms with Crippen LogP contribution in [0.1, 0.15) is 15.9 Å². The van der Waals surface area contributed by atoms with Gasteiger partial charge in [0, 0.05) is 17.4 Å². The molecule has 1 amide bonds. The van der Waals surface area contributed by atoms with E-state index in [2.05, 4.69) is 10.4 Å². The van der Waals surface area contributed by atoms with Gasteiger partial charge in [-0.1, -0.05) is 23.7 Å². The lowest BCUT2D eigenvalue weighted by atomic mass is 10.1. The molecule has 0 spiro atoms. The molecule has 0 radical (unpaired) electrons. The lowest BCUT2D eigenvalue weighted by Gasteiger charge is -2.07. The number of hydrogen-bond acceptors (Lipinski definition) is 4. The predicted molar refractivity (Wildman–Crippen MR) is 98.5 cm³/mol. The number of anilines is 1. The van der Waals surface area contributed by atoms with Crippen LogP contribution in [-0.2, 0) is 16.6 Å². The summed E-state index contributed by atoms with van der Waals surface area (Å²) in [6.45, 7) is 0.545. The minimum atomic E-state index is -3.76. The van der Waals surface area contributed by atoms with Crippen LogP contribution in [0.5, 0.6) is 0 Å². The van der Waals surface area contributed by atoms with Crippen LogP contribution in [0.25, 0.3) is 0 Å². The van der Waals surface area contributed by atoms with Gasteiger partial charge >= 0.3 is 0 Å². The van der Waals surface area contributed by atoms with Crippen molar-refractivity contribution in [3.63, 3.8) is 0 Å². The third kappa shape index (κ3) is 4.48. The van der Waals surface area contributed by atoms with E-state index in [0.29, 0.717) is 22.8 Å². The number of rotatable bonds is 5. The molecule has 0 aliphatic carbocycles. The Hall–Kier alpha value is -2.68. The quantitative estimate of drug-likeness (QED) is 0.697. The largest absolute Gasteiger partial charge is 0.322 e. The maximum absolute atomic E-state index is 12.3. The maximum atomic E-state index is 12.3. The monoisotopic (exact) mass is 390 g/mol. The molecule has 0 unspecified atom stereocenters. The Labute approximate surface area is 155 Å². The van der Waals surface area contributed by atoms with Crippen molar-refractivity contribution in [2.45, 2.75) is 11.4 Å². The summed E-state index contributed by atoms with van der Waals surface area (Å²) < 4.78 is 24.2. The fourth-order valence-corrected chi connectivity index (χ4v) is 2.98. The smallest absolute Gasteiger partial charge is 0.255 e. The minimum absolute atomic E-state index is 0.0152. The van der Waals surface area contributed by atoms with Gasteiger partial charge in [-0.05, 0) is 42.0 Å². The van der Waals surface area contributed by atoms with Gasteiger partial charge in [0.25, 0.3) is 5.91 Å². The van der Waals surface area contributed by atoms with Crippen LogP contribution in [0, 0.1) is 0 Å². The Bertz CT molecular complexity index is 1030. The van der Waals surface area contributed by atoms with E-state index in [0.717, 1.165) is 5.56 Å². The Balaban J connectivity index is 1.66. The van der Waals surface area contributed by atoms with E-state index in [9.17, 15) is 13.2 Å². The van der Waals surface area contributed by atoms with E-state index >= 15 is 0 Å². The van der Waals surface area contributed by atoms with E-state index in [-0.39, 0.29) is 10.8 Å². The molecule has 3 N–H and O–H groups in total. The van der Waals surface area contributed by atoms with Gasteiger partial charge in [0.2, 0.25) is 10.0 Å². The normalized spacial score (nSPS) is 11.3. The second-order valence-electron chi connectivity index (χ2n) is 5.58. The fraction of sp³-hybridized carbons (Fsp3) is 0.0588. The number of carbonyl (C=O) groups excluding carboxylic acids is 1. The minimum Gasteiger partial charge on any atom is -0.322 e. The molecular weight excluding hydrogens is 376 g/mol. The number of amides is 1. The summed E-state index contributed by atoms with van der Waals surface area (Å²) in [5.41, 5.74) is 1.92. The number of nitrogens with one attached hydrogen (secondary N) is 1. The Kier molecular flexibility index (Phi) is 5.08. The van der Waals surface area contributed by atoms with Gasteiger partial charge in [0.1, 0.15) is 0 Å². The summed E-state index contributed by atoms with van der Waals surface area (Å²) in [5, 5.41) is 12.4. The molecule has 0 saturated heterocycles. The van der Waals surface area contributed by atoms with Gasteiger partial charge < -0.3 is 5.32 Å². The first-order chi connectivity index (χ1) is 12.3. The van der Waals surface area contributed by atoms with E-state index < -0.39 is 10.0 Å². The van der Waals surface area contributed by atoms with Gasteiger partial charge in [-0.2, -0.15) is 5.10 Å². The molecule has 1 aromatic heterocycles. The highest BCUT2D eigenvalue weighted by Crippen LogP contribution is 2.15. The van der Waals surface area contributed by atoms with Crippen molar-refractivity contribution in [1.82, 2.24) is 9.78 Å². The molecule has 0 aliphatic heterocycles. The zero-order valence-electron chi connectivity index (χ0n) is 13.5. The van der Waals surface area contributed by atoms with Gasteiger partial charge in [-0.3, -0.25) is 9.48 Å². The first-order valence-corrected chi connectivity index (χ1v) is 9.45. The number of hydrogen-bond donors (Lipinski definition) is 2. The van der Waals surface area contributed by atoms with E-state index in [1.165, 1.54) is 24.3 Å². The predicted octanol–water partition coefficient (Wildman–Crippen LogP) is 2.48. The average Bonchev–Trinajstić information content (AvgIpc) is 3.00. The lowest BCUT2D eigenvalue weighted by Crippen LogP contribution is -2.14. The van der Waals surface area contributed by atoms with E-state index in [1.807, 2.05) is 12.1 Å². The van der Waals surface area contributed by atoms with Gasteiger partial charge in [0.15, 0.2) is 0 Å². The van der Waals surface area contributed by atoms with Crippen molar-refractivity contribution in [1.29, 1.82) is 0 Å². The molecule has 3 rings (SSSR count). The van der Waals surface area contributed by atoms with Crippen LogP contribution in [0.4, 0.5) is 5.69 Å². The summed E-state index contributed by atoms with van der Waals surface area (Å²) in [7, 11) is -3.76. The highest BCUT2D eigenvalue weighted by atomic mass is 35.5. The number of nitrogens with zero attached hydrogens (tertiary/aromatic N) is 2. The summed E-state index contributed by atoms with van der Waals surface area (Å²) >= 11 is 5.83. The van der Waals surface area contributed by atoms with Crippen LogP contribution >= 0.6 is 11.6 Å². The Morgan fingerprint density at radius 1 is 1.12 bits per heavy atom. The highest BCUT2D eigenvalue weighted by molar-refractivity contribution is 7.89. The summed E-state index contributed by atoms with van der Waals surface area (Å²) in [4.78, 5) is 12.3. The maximum Gasteiger partial charge on any atom is 0.255 e. The van der Waals surface area contributed by atoms with Crippen LogP contribution in [0.2, 0.25) is 5.02 Å². The summed E-state index contributed by atoms with van der Waals surface area (Å²) in [6, 6.07) is 12.7. The number of benzene rings is 2. The molecule has 0 bridgehead atoms. The molecule has 26 heavy (non-hydrogen) atoms. The van der Waals surface area contributed by atoms with E-state index in [4.69, 9.17) is 16.7 Å². The number of halogens is 1. The molecule has 2 aromatic carbocycles. The molecule has 1 heterocycles. The molecule has 134 valence electrons. The molecule has 7 nitrogen and oxygen atoms in total. The van der Waals surface area contributed by atoms with Crippen molar-refractivity contribution in [3.8, 4) is 0 Å². The number of carbonyl (C=O) groups is 1. The molecule has 0 aliphatic rings. The molecule has 0 fully saturated rings. The Morgan fingerprint density at radius 3 is 2.31 bits per heavy atom. The summed E-state index contributed by atoms with van der Waals surface area (Å²) in [5.74, 6) is -0.304. The SMILES string of the molecule is NS(=O)(=O)c1ccc(NC(=O)c2ccc(Cn3cc(Cl)cn3)cc2)cc1. The Morgan fingerprint density at radius 2 is 1.77 bits per heavy atom. The zero-order chi connectivity index (χ0) is 18.7. The standard InChI is InChI=1S/C17H15ClN4O3S/c18-14-9-20-22(11-14)10-12-1-3-13(4-2-12)17(23)21-15-5-7-16(8-6-15)26(19,24)25/h1-9,11H,10H2,(H,21,23)(H2,19,24,25). The van der Waals surface area contributed by atoms with Crippen molar-refractivity contribution in [2.24, 2.45) is 5.14 Å². The zero-order valence-corrected chi connectivity index (χ0v) is 15.0. The first-order valence-electron chi connectivity index (χ1n) is 7.52. The topological polar surface area (TPSA) is 107 Å². The highest BCUT2D eigenvalue weighted by Gasteiger charge is 2.09. The number of primary sulfonamides is 1. The second kappa shape index (κ2) is 7.28. The van der Waals surface area contributed by atoms with Gasteiger partial charge in [-0.25, -0.2) is 13.6 Å². The van der Waals surface area contributed by atoms with Crippen molar-refractivity contribution in [2.75, 3.05) is 5.32 Å². The third-order valence-corrected chi connectivity index (χ3v) is 4.73. The van der Waals surface area contributed by atoms with Crippen molar-refractivity contribution >= 4 is 33.2 Å². The molecule has 0 atom stereocenters. The van der Waals surface area contributed by atoms with Crippen molar-refractivity contribution < 1.29 is 13.2 Å². The fourth-order valence-electron chi connectivity index (χ4n) is 2.30. The molecule has 3 aromatic rings. The third-order valence-electron chi connectivity index (χ3n) is 3.60. The van der Waals surface area contributed by atoms with Crippen LogP contribution in [-0.4, -0.2) is 24.1 Å². The summed E-state index contributed by atoms with van der Waals surface area (Å²) in [6.07, 6.45) is 3.28. The number of nitrogens with two attached hydrogens (primary N) is 1. The van der Waals surface area contributed by atoms with Crippen LogP contribution < -0.4 is 10.5 Å². The van der Waals surface area contributed by atoms with Crippen LogP contribution in [0.3, 0.4) is 0 Å². The van der Waals surface area contributed by atoms with Crippen LogP contribution in [0.15, 0.2) is 65.8 Å². The molecular formula is C17H15ClN4O3S. The van der Waals surface area contributed by atoms with Gasteiger partial charge in [0.05, 0.1) is 22.7 Å². The number of aromatic nitrogens is 2. The number of sulfonamides is 1. The molecule has 9 heteroatoms. The van der Waals surface area contributed by atoms with E-state index in [1.54, 1.807) is 29.2 Å². The van der Waals surface area contributed by atoms with Crippen molar-refractivity contribution in [3.05, 3.63) is 77.1 Å². The average molecular weight is 391 g/mol. The molecule has 0 saturated carbocycles. The van der Waals surface area contributed by atoms with Gasteiger partial charge in [-0.15, -0.1) is 0 Å².